The summed E-state index contributed by atoms with van der Waals surface area (Å²) in [7, 11) is 0. The quantitative estimate of drug-likeness (QED) is 0.876. The summed E-state index contributed by atoms with van der Waals surface area (Å²) in [6.07, 6.45) is 5.42. The lowest BCUT2D eigenvalue weighted by atomic mass is 9.98. The van der Waals surface area contributed by atoms with E-state index < -0.39 is 0 Å². The average molecular weight is 321 g/mol. The summed E-state index contributed by atoms with van der Waals surface area (Å²) in [6.45, 7) is 1.52. The summed E-state index contributed by atoms with van der Waals surface area (Å²) in [6, 6.07) is 6.09. The lowest BCUT2D eigenvalue weighted by Crippen LogP contribution is -2.36. The minimum absolute atomic E-state index is 0.00493. The van der Waals surface area contributed by atoms with E-state index in [1.165, 1.54) is 12.1 Å². The van der Waals surface area contributed by atoms with E-state index in [-0.39, 0.29) is 30.0 Å². The van der Waals surface area contributed by atoms with Gasteiger partial charge in [-0.05, 0) is 49.8 Å². The molecule has 1 aromatic rings. The zero-order valence-electron chi connectivity index (χ0n) is 13.3. The van der Waals surface area contributed by atoms with Gasteiger partial charge in [0.2, 0.25) is 5.91 Å². The van der Waals surface area contributed by atoms with Gasteiger partial charge >= 0.3 is 0 Å². The molecule has 1 N–H and O–H groups in total. The first-order chi connectivity index (χ1) is 11.2. The van der Waals surface area contributed by atoms with Gasteiger partial charge in [0.25, 0.3) is 0 Å². The van der Waals surface area contributed by atoms with Crippen LogP contribution in [0.4, 0.5) is 4.39 Å². The normalized spacial score (nSPS) is 25.4. The van der Waals surface area contributed by atoms with Crippen molar-refractivity contribution in [3.05, 3.63) is 35.6 Å². The van der Waals surface area contributed by atoms with Gasteiger partial charge in [0.1, 0.15) is 5.82 Å². The van der Waals surface area contributed by atoms with E-state index in [1.54, 1.807) is 12.1 Å². The van der Waals surface area contributed by atoms with Crippen molar-refractivity contribution in [3.8, 4) is 0 Å². The van der Waals surface area contributed by atoms with Crippen molar-refractivity contribution >= 4 is 5.91 Å². The standard InChI is InChI=1S/C18H24FNO3/c19-14-7-5-13(6-8-14)18(16-4-2-12-23-16)20-17(21)10-9-15-3-1-11-22-15/h5-8,15-16,18H,1-4,9-12H2,(H,20,21)/t15-,16+,18+/m0/s1. The molecule has 2 fully saturated rings. The van der Waals surface area contributed by atoms with E-state index >= 15 is 0 Å². The molecule has 0 radical (unpaired) electrons. The van der Waals surface area contributed by atoms with Gasteiger partial charge in [0.05, 0.1) is 18.2 Å². The summed E-state index contributed by atoms with van der Waals surface area (Å²) in [5.74, 6) is -0.269. The second-order valence-corrected chi connectivity index (χ2v) is 6.32. The highest BCUT2D eigenvalue weighted by molar-refractivity contribution is 5.76. The van der Waals surface area contributed by atoms with Crippen molar-refractivity contribution in [1.29, 1.82) is 0 Å². The molecule has 2 heterocycles. The number of hydrogen-bond acceptors (Lipinski definition) is 3. The largest absolute Gasteiger partial charge is 0.378 e. The molecule has 0 unspecified atom stereocenters. The predicted molar refractivity (Wildman–Crippen MR) is 84.5 cm³/mol. The number of carbonyl (C=O) groups is 1. The Bertz CT molecular complexity index is 508. The summed E-state index contributed by atoms with van der Waals surface area (Å²) in [5.41, 5.74) is 0.892. The Kier molecular flexibility index (Phi) is 5.62. The van der Waals surface area contributed by atoms with Crippen molar-refractivity contribution in [2.45, 2.75) is 56.8 Å². The summed E-state index contributed by atoms with van der Waals surface area (Å²) >= 11 is 0. The Morgan fingerprint density at radius 1 is 1.17 bits per heavy atom. The molecule has 3 rings (SSSR count). The van der Waals surface area contributed by atoms with Gasteiger partial charge in [-0.2, -0.15) is 0 Å². The molecule has 0 aromatic heterocycles. The van der Waals surface area contributed by atoms with Crippen LogP contribution < -0.4 is 5.32 Å². The third kappa shape index (κ3) is 4.52. The highest BCUT2D eigenvalue weighted by atomic mass is 19.1. The van der Waals surface area contributed by atoms with Gasteiger partial charge in [0.15, 0.2) is 0 Å². The minimum Gasteiger partial charge on any atom is -0.378 e. The number of ether oxygens (including phenoxy) is 2. The van der Waals surface area contributed by atoms with Crippen LogP contribution in [0.15, 0.2) is 24.3 Å². The van der Waals surface area contributed by atoms with E-state index in [4.69, 9.17) is 9.47 Å². The van der Waals surface area contributed by atoms with Crippen molar-refractivity contribution in [1.82, 2.24) is 5.32 Å². The molecule has 126 valence electrons. The SMILES string of the molecule is O=C(CC[C@@H]1CCCO1)N[C@H](c1ccc(F)cc1)[C@H]1CCCO1. The van der Waals surface area contributed by atoms with Gasteiger partial charge in [-0.1, -0.05) is 12.1 Å². The monoisotopic (exact) mass is 321 g/mol. The molecular formula is C18H24FNO3. The zero-order valence-corrected chi connectivity index (χ0v) is 13.3. The fourth-order valence-electron chi connectivity index (χ4n) is 3.34. The Morgan fingerprint density at radius 2 is 1.91 bits per heavy atom. The molecule has 23 heavy (non-hydrogen) atoms. The maximum atomic E-state index is 13.2. The lowest BCUT2D eigenvalue weighted by molar-refractivity contribution is -0.123. The van der Waals surface area contributed by atoms with Crippen LogP contribution in [-0.2, 0) is 14.3 Å². The van der Waals surface area contributed by atoms with Crippen LogP contribution in [0.2, 0.25) is 0 Å². The third-order valence-electron chi connectivity index (χ3n) is 4.60. The molecule has 2 saturated heterocycles. The Labute approximate surface area is 136 Å². The lowest BCUT2D eigenvalue weighted by Gasteiger charge is -2.25. The molecule has 0 saturated carbocycles. The van der Waals surface area contributed by atoms with Crippen molar-refractivity contribution in [2.75, 3.05) is 13.2 Å². The molecule has 0 aliphatic carbocycles. The van der Waals surface area contributed by atoms with Gasteiger partial charge in [-0.15, -0.1) is 0 Å². The Balaban J connectivity index is 1.60. The maximum absolute atomic E-state index is 13.2. The molecule has 5 heteroatoms. The molecule has 3 atom stereocenters. The van der Waals surface area contributed by atoms with Crippen LogP contribution in [0.25, 0.3) is 0 Å². The topological polar surface area (TPSA) is 47.6 Å². The van der Waals surface area contributed by atoms with Crippen molar-refractivity contribution < 1.29 is 18.7 Å². The van der Waals surface area contributed by atoms with E-state index in [9.17, 15) is 9.18 Å². The fraction of sp³-hybridized carbons (Fsp3) is 0.611. The molecular weight excluding hydrogens is 297 g/mol. The number of benzene rings is 1. The number of nitrogens with one attached hydrogen (secondary N) is 1. The smallest absolute Gasteiger partial charge is 0.220 e. The van der Waals surface area contributed by atoms with Crippen LogP contribution in [0.5, 0.6) is 0 Å². The summed E-state index contributed by atoms with van der Waals surface area (Å²) in [4.78, 5) is 12.3. The second kappa shape index (κ2) is 7.88. The van der Waals surface area contributed by atoms with Crippen LogP contribution in [0.3, 0.4) is 0 Å². The average Bonchev–Trinajstić information content (AvgIpc) is 3.25. The molecule has 0 bridgehead atoms. The van der Waals surface area contributed by atoms with E-state index in [0.717, 1.165) is 44.3 Å². The number of rotatable bonds is 6. The van der Waals surface area contributed by atoms with Crippen LogP contribution >= 0.6 is 0 Å². The molecule has 1 amide bonds. The van der Waals surface area contributed by atoms with Crippen LogP contribution in [0.1, 0.15) is 50.1 Å². The van der Waals surface area contributed by atoms with E-state index in [0.29, 0.717) is 13.0 Å². The van der Waals surface area contributed by atoms with Crippen LogP contribution in [-0.4, -0.2) is 31.3 Å². The zero-order chi connectivity index (χ0) is 16.1. The van der Waals surface area contributed by atoms with E-state index in [2.05, 4.69) is 5.32 Å². The first-order valence-corrected chi connectivity index (χ1v) is 8.50. The Hall–Kier alpha value is -1.46. The van der Waals surface area contributed by atoms with Crippen molar-refractivity contribution in [3.63, 3.8) is 0 Å². The first-order valence-electron chi connectivity index (χ1n) is 8.50. The van der Waals surface area contributed by atoms with Crippen LogP contribution in [0, 0.1) is 5.82 Å². The van der Waals surface area contributed by atoms with Gasteiger partial charge in [-0.25, -0.2) is 4.39 Å². The number of halogens is 1. The fourth-order valence-corrected chi connectivity index (χ4v) is 3.34. The van der Waals surface area contributed by atoms with Gasteiger partial charge in [0, 0.05) is 19.6 Å². The minimum atomic E-state index is -0.274. The second-order valence-electron chi connectivity index (χ2n) is 6.32. The number of hydrogen-bond donors (Lipinski definition) is 1. The molecule has 2 aliphatic heterocycles. The van der Waals surface area contributed by atoms with E-state index in [1.807, 2.05) is 0 Å². The summed E-state index contributed by atoms with van der Waals surface area (Å²) < 4.78 is 24.5. The Morgan fingerprint density at radius 3 is 2.57 bits per heavy atom. The molecule has 0 spiro atoms. The number of carbonyl (C=O) groups excluding carboxylic acids is 1. The summed E-state index contributed by atoms with van der Waals surface area (Å²) in [5, 5.41) is 3.08. The highest BCUT2D eigenvalue weighted by Gasteiger charge is 2.29. The highest BCUT2D eigenvalue weighted by Crippen LogP contribution is 2.27. The maximum Gasteiger partial charge on any atom is 0.220 e. The van der Waals surface area contributed by atoms with Crippen molar-refractivity contribution in [2.24, 2.45) is 0 Å². The third-order valence-corrected chi connectivity index (χ3v) is 4.60. The molecule has 2 aliphatic rings. The van der Waals surface area contributed by atoms with Gasteiger partial charge in [-0.3, -0.25) is 4.79 Å². The molecule has 4 nitrogen and oxygen atoms in total. The predicted octanol–water partition coefficient (Wildman–Crippen LogP) is 3.12. The number of amides is 1. The first kappa shape index (κ1) is 16.4. The molecule has 1 aromatic carbocycles. The van der Waals surface area contributed by atoms with Gasteiger partial charge < -0.3 is 14.8 Å².